The second-order valence-electron chi connectivity index (χ2n) is 7.28. The summed E-state index contributed by atoms with van der Waals surface area (Å²) in [6.45, 7) is 3.66. The summed E-state index contributed by atoms with van der Waals surface area (Å²) >= 11 is 0. The van der Waals surface area contributed by atoms with Gasteiger partial charge < -0.3 is 4.52 Å². The summed E-state index contributed by atoms with van der Waals surface area (Å²) in [6.07, 6.45) is 2.54. The van der Waals surface area contributed by atoms with Gasteiger partial charge in [-0.1, -0.05) is 35.5 Å². The van der Waals surface area contributed by atoms with E-state index in [1.54, 1.807) is 12.1 Å². The highest BCUT2D eigenvalue weighted by atomic mass is 16.6. The van der Waals surface area contributed by atoms with Crippen molar-refractivity contribution in [2.75, 3.05) is 0 Å². The van der Waals surface area contributed by atoms with E-state index in [0.29, 0.717) is 29.9 Å². The number of aromatic nitrogens is 2. The molecule has 1 aliphatic carbocycles. The molecule has 2 aromatic carbocycles. The van der Waals surface area contributed by atoms with Crippen LogP contribution in [-0.4, -0.2) is 26.0 Å². The maximum absolute atomic E-state index is 10.8. The maximum atomic E-state index is 10.8. The smallest absolute Gasteiger partial charge is 0.269 e. The van der Waals surface area contributed by atoms with Gasteiger partial charge in [0, 0.05) is 30.3 Å². The zero-order valence-corrected chi connectivity index (χ0v) is 15.7. The van der Waals surface area contributed by atoms with E-state index < -0.39 is 4.92 Å². The van der Waals surface area contributed by atoms with Gasteiger partial charge in [-0.25, -0.2) is 0 Å². The number of nitro groups is 1. The first-order valence-electron chi connectivity index (χ1n) is 9.45. The predicted octanol–water partition coefficient (Wildman–Crippen LogP) is 4.45. The SMILES string of the molecule is CC(C1CC1)N(Cc1ccccc1)Cc1nc(-c2ccc([N+](=O)[O-])cc2)no1. The van der Waals surface area contributed by atoms with Gasteiger partial charge in [-0.3, -0.25) is 15.0 Å². The third-order valence-corrected chi connectivity index (χ3v) is 5.25. The van der Waals surface area contributed by atoms with Gasteiger partial charge in [-0.05, 0) is 43.4 Å². The lowest BCUT2D eigenvalue weighted by Gasteiger charge is -2.27. The molecule has 0 saturated heterocycles. The highest BCUT2D eigenvalue weighted by Crippen LogP contribution is 2.36. The number of hydrogen-bond acceptors (Lipinski definition) is 6. The molecule has 0 radical (unpaired) electrons. The Labute approximate surface area is 163 Å². The molecular weight excluding hydrogens is 356 g/mol. The minimum Gasteiger partial charge on any atom is -0.338 e. The van der Waals surface area contributed by atoms with Crippen LogP contribution in [-0.2, 0) is 13.1 Å². The molecule has 28 heavy (non-hydrogen) atoms. The van der Waals surface area contributed by atoms with Gasteiger partial charge in [-0.2, -0.15) is 4.98 Å². The van der Waals surface area contributed by atoms with Crippen LogP contribution in [0.2, 0.25) is 0 Å². The normalized spacial score (nSPS) is 14.9. The number of non-ortho nitro benzene ring substituents is 1. The van der Waals surface area contributed by atoms with Crippen LogP contribution in [0, 0.1) is 16.0 Å². The van der Waals surface area contributed by atoms with Crippen molar-refractivity contribution in [3.63, 3.8) is 0 Å². The maximum Gasteiger partial charge on any atom is 0.269 e. The number of rotatable bonds is 8. The fraction of sp³-hybridized carbons (Fsp3) is 0.333. The van der Waals surface area contributed by atoms with Crippen LogP contribution in [0.15, 0.2) is 59.1 Å². The fourth-order valence-corrected chi connectivity index (χ4v) is 3.38. The van der Waals surface area contributed by atoms with Crippen LogP contribution in [0.1, 0.15) is 31.2 Å². The molecule has 1 fully saturated rings. The van der Waals surface area contributed by atoms with Crippen LogP contribution in [0.5, 0.6) is 0 Å². The molecular formula is C21H22N4O3. The van der Waals surface area contributed by atoms with Crippen LogP contribution in [0.4, 0.5) is 5.69 Å². The molecule has 0 bridgehead atoms. The van der Waals surface area contributed by atoms with Crippen LogP contribution < -0.4 is 0 Å². The van der Waals surface area contributed by atoms with Crippen molar-refractivity contribution in [2.45, 2.75) is 38.9 Å². The minimum atomic E-state index is -0.424. The summed E-state index contributed by atoms with van der Waals surface area (Å²) in [4.78, 5) is 17.3. The molecule has 0 N–H and O–H groups in total. The second-order valence-corrected chi connectivity index (χ2v) is 7.28. The van der Waals surface area contributed by atoms with Gasteiger partial charge in [0.2, 0.25) is 11.7 Å². The fourth-order valence-electron chi connectivity index (χ4n) is 3.38. The summed E-state index contributed by atoms with van der Waals surface area (Å²) in [7, 11) is 0. The summed E-state index contributed by atoms with van der Waals surface area (Å²) in [5.74, 6) is 1.72. The van der Waals surface area contributed by atoms with E-state index in [-0.39, 0.29) is 5.69 Å². The van der Waals surface area contributed by atoms with Gasteiger partial charge in [0.1, 0.15) is 0 Å². The standard InChI is InChI=1S/C21H22N4O3/c1-15(17-7-8-17)24(13-16-5-3-2-4-6-16)14-20-22-21(23-28-20)18-9-11-19(12-10-18)25(26)27/h2-6,9-12,15,17H,7-8,13-14H2,1H3. The molecule has 1 heterocycles. The highest BCUT2D eigenvalue weighted by molar-refractivity contribution is 5.56. The largest absolute Gasteiger partial charge is 0.338 e. The molecule has 0 aliphatic heterocycles. The summed E-state index contributed by atoms with van der Waals surface area (Å²) in [6, 6.07) is 17.0. The Morgan fingerprint density at radius 1 is 1.14 bits per heavy atom. The van der Waals surface area contributed by atoms with Gasteiger partial charge in [0.05, 0.1) is 11.5 Å². The summed E-state index contributed by atoms with van der Waals surface area (Å²) < 4.78 is 5.48. The lowest BCUT2D eigenvalue weighted by Crippen LogP contribution is -2.33. The number of nitro benzene ring substituents is 1. The zero-order valence-electron chi connectivity index (χ0n) is 15.7. The first-order valence-corrected chi connectivity index (χ1v) is 9.45. The monoisotopic (exact) mass is 378 g/mol. The Morgan fingerprint density at radius 2 is 1.86 bits per heavy atom. The minimum absolute atomic E-state index is 0.0414. The van der Waals surface area contributed by atoms with Crippen LogP contribution in [0.3, 0.4) is 0 Å². The van der Waals surface area contributed by atoms with Gasteiger partial charge in [0.15, 0.2) is 0 Å². The average Bonchev–Trinajstić information content (AvgIpc) is 3.46. The van der Waals surface area contributed by atoms with E-state index in [4.69, 9.17) is 4.52 Å². The molecule has 7 nitrogen and oxygen atoms in total. The Hall–Kier alpha value is -3.06. The third kappa shape index (κ3) is 4.26. The third-order valence-electron chi connectivity index (χ3n) is 5.25. The van der Waals surface area contributed by atoms with Gasteiger partial charge >= 0.3 is 0 Å². The predicted molar refractivity (Wildman–Crippen MR) is 104 cm³/mol. The first kappa shape index (κ1) is 18.3. The van der Waals surface area contributed by atoms with Crippen molar-refractivity contribution < 1.29 is 9.45 Å². The van der Waals surface area contributed by atoms with Crippen molar-refractivity contribution in [1.29, 1.82) is 0 Å². The molecule has 7 heteroatoms. The Balaban J connectivity index is 1.50. The number of hydrogen-bond donors (Lipinski definition) is 0. The van der Waals surface area contributed by atoms with Crippen molar-refractivity contribution >= 4 is 5.69 Å². The van der Waals surface area contributed by atoms with E-state index >= 15 is 0 Å². The van der Waals surface area contributed by atoms with E-state index in [1.165, 1.54) is 30.5 Å². The summed E-state index contributed by atoms with van der Waals surface area (Å²) in [5, 5.41) is 14.9. The van der Waals surface area contributed by atoms with Crippen molar-refractivity contribution in [3.05, 3.63) is 76.2 Å². The highest BCUT2D eigenvalue weighted by Gasteiger charge is 2.32. The van der Waals surface area contributed by atoms with E-state index in [0.717, 1.165) is 12.5 Å². The van der Waals surface area contributed by atoms with Crippen molar-refractivity contribution in [1.82, 2.24) is 15.0 Å². The zero-order chi connectivity index (χ0) is 19.5. The van der Waals surface area contributed by atoms with E-state index in [1.807, 2.05) is 6.07 Å². The topological polar surface area (TPSA) is 85.3 Å². The second kappa shape index (κ2) is 7.90. The molecule has 1 atom stereocenters. The van der Waals surface area contributed by atoms with Crippen molar-refractivity contribution in [3.8, 4) is 11.4 Å². The average molecular weight is 378 g/mol. The molecule has 3 aromatic rings. The summed E-state index contributed by atoms with van der Waals surface area (Å²) in [5.41, 5.74) is 2.00. The molecule has 144 valence electrons. The first-order chi connectivity index (χ1) is 13.6. The Bertz CT molecular complexity index is 936. The lowest BCUT2D eigenvalue weighted by atomic mass is 10.1. The van der Waals surface area contributed by atoms with Gasteiger partial charge in [-0.15, -0.1) is 0 Å². The molecule has 1 saturated carbocycles. The molecule has 0 spiro atoms. The van der Waals surface area contributed by atoms with E-state index in [9.17, 15) is 10.1 Å². The molecule has 1 aromatic heterocycles. The van der Waals surface area contributed by atoms with Crippen molar-refractivity contribution in [2.24, 2.45) is 5.92 Å². The number of benzene rings is 2. The van der Waals surface area contributed by atoms with E-state index in [2.05, 4.69) is 46.2 Å². The molecule has 0 amide bonds. The quantitative estimate of drug-likeness (QED) is 0.425. The molecule has 1 aliphatic rings. The molecule has 1 unspecified atom stereocenters. The van der Waals surface area contributed by atoms with Crippen LogP contribution in [0.25, 0.3) is 11.4 Å². The van der Waals surface area contributed by atoms with Crippen LogP contribution >= 0.6 is 0 Å². The molecule has 4 rings (SSSR count). The van der Waals surface area contributed by atoms with Gasteiger partial charge in [0.25, 0.3) is 5.69 Å². The number of nitrogens with zero attached hydrogens (tertiary/aromatic N) is 4. The Kier molecular flexibility index (Phi) is 5.16. The Morgan fingerprint density at radius 3 is 2.50 bits per heavy atom. The lowest BCUT2D eigenvalue weighted by molar-refractivity contribution is -0.384.